The number of carbonyl (C=O) groups is 1. The minimum absolute atomic E-state index is 0.0511. The first-order valence-electron chi connectivity index (χ1n) is 9.55. The molecule has 0 saturated heterocycles. The Hall–Kier alpha value is -0.530. The molecule has 5 fully saturated rings. The summed E-state index contributed by atoms with van der Waals surface area (Å²) in [5.41, 5.74) is 1.16. The third kappa shape index (κ3) is 2.32. The lowest BCUT2D eigenvalue weighted by atomic mass is 9.36. The predicted octanol–water partition coefficient (Wildman–Crippen LogP) is 4.82. The van der Waals surface area contributed by atoms with Crippen LogP contribution in [0.3, 0.4) is 0 Å². The number of amides is 1. The minimum Gasteiger partial charge on any atom is -0.353 e. The second kappa shape index (κ2) is 4.51. The van der Waals surface area contributed by atoms with Crippen LogP contribution in [0.25, 0.3) is 0 Å². The average Bonchev–Trinajstić information content (AvgIpc) is 2.34. The quantitative estimate of drug-likeness (QED) is 0.778. The lowest BCUT2D eigenvalue weighted by Gasteiger charge is -2.68. The second-order valence-corrected chi connectivity index (χ2v) is 10.6. The van der Waals surface area contributed by atoms with Crippen LogP contribution in [0, 0.1) is 21.7 Å². The van der Waals surface area contributed by atoms with Gasteiger partial charge in [0.1, 0.15) is 0 Å². The van der Waals surface area contributed by atoms with Crippen LogP contribution in [-0.2, 0) is 4.79 Å². The van der Waals surface area contributed by atoms with E-state index in [4.69, 9.17) is 0 Å². The predicted molar refractivity (Wildman–Crippen MR) is 89.5 cm³/mol. The van der Waals surface area contributed by atoms with Gasteiger partial charge in [-0.15, -0.1) is 0 Å². The van der Waals surface area contributed by atoms with E-state index in [2.05, 4.69) is 26.1 Å². The number of carbonyl (C=O) groups excluding carboxylic acids is 1. The van der Waals surface area contributed by atoms with Crippen molar-refractivity contribution < 1.29 is 4.79 Å². The van der Waals surface area contributed by atoms with Gasteiger partial charge in [0.05, 0.1) is 5.41 Å². The van der Waals surface area contributed by atoms with E-state index in [0.717, 1.165) is 19.3 Å². The molecule has 2 heteroatoms. The standard InChI is InChI=1S/C20H33NO/c1-17-9-18(2)11-19(3,10-17)14-20(12-17,13-18)16(22)21-15-7-5-4-6-8-15/h15H,4-14H2,1-3H3,(H,21,22). The van der Waals surface area contributed by atoms with Gasteiger partial charge in [0.15, 0.2) is 0 Å². The topological polar surface area (TPSA) is 29.1 Å². The van der Waals surface area contributed by atoms with E-state index in [-0.39, 0.29) is 5.41 Å². The Kier molecular flexibility index (Phi) is 3.08. The maximum absolute atomic E-state index is 13.3. The van der Waals surface area contributed by atoms with Crippen molar-refractivity contribution in [3.05, 3.63) is 0 Å². The van der Waals surface area contributed by atoms with Crippen LogP contribution in [0.4, 0.5) is 0 Å². The molecule has 5 rings (SSSR count). The largest absolute Gasteiger partial charge is 0.353 e. The van der Waals surface area contributed by atoms with Gasteiger partial charge in [-0.3, -0.25) is 4.79 Å². The Labute approximate surface area is 135 Å². The molecule has 0 radical (unpaired) electrons. The van der Waals surface area contributed by atoms with Gasteiger partial charge in [0.2, 0.25) is 5.91 Å². The Balaban J connectivity index is 1.58. The molecule has 0 spiro atoms. The number of hydrogen-bond acceptors (Lipinski definition) is 1. The fraction of sp³-hybridized carbons (Fsp3) is 0.950. The highest BCUT2D eigenvalue weighted by molar-refractivity contribution is 5.83. The normalized spacial score (nSPS) is 51.0. The SMILES string of the molecule is CC12CC3(C)CC(C)(C1)CC(C(=O)NC1CCCCC1)(C2)C3. The fourth-order valence-electron chi connectivity index (χ4n) is 8.12. The summed E-state index contributed by atoms with van der Waals surface area (Å²) < 4.78 is 0. The van der Waals surface area contributed by atoms with Gasteiger partial charge in [-0.1, -0.05) is 40.0 Å². The molecule has 1 N–H and O–H groups in total. The first kappa shape index (κ1) is 15.0. The zero-order valence-corrected chi connectivity index (χ0v) is 14.8. The second-order valence-electron chi connectivity index (χ2n) is 10.6. The molecule has 2 nitrogen and oxygen atoms in total. The first-order chi connectivity index (χ1) is 10.2. The van der Waals surface area contributed by atoms with Gasteiger partial charge >= 0.3 is 0 Å². The summed E-state index contributed by atoms with van der Waals surface area (Å²) in [4.78, 5) is 13.3. The molecule has 0 aliphatic heterocycles. The maximum Gasteiger partial charge on any atom is 0.226 e. The maximum atomic E-state index is 13.3. The van der Waals surface area contributed by atoms with E-state index >= 15 is 0 Å². The monoisotopic (exact) mass is 303 g/mol. The third-order valence-corrected chi connectivity index (χ3v) is 7.28. The highest BCUT2D eigenvalue weighted by Crippen LogP contribution is 2.73. The fourth-order valence-corrected chi connectivity index (χ4v) is 8.12. The van der Waals surface area contributed by atoms with Crippen molar-refractivity contribution in [3.8, 4) is 0 Å². The molecule has 0 heterocycles. The zero-order chi connectivity index (χ0) is 15.6. The molecular weight excluding hydrogens is 270 g/mol. The Morgan fingerprint density at radius 1 is 0.773 bits per heavy atom. The van der Waals surface area contributed by atoms with Crippen molar-refractivity contribution in [1.82, 2.24) is 5.32 Å². The van der Waals surface area contributed by atoms with Crippen LogP contribution >= 0.6 is 0 Å². The Morgan fingerprint density at radius 2 is 1.23 bits per heavy atom. The third-order valence-electron chi connectivity index (χ3n) is 7.28. The summed E-state index contributed by atoms with van der Waals surface area (Å²) in [7, 11) is 0. The van der Waals surface area contributed by atoms with Gasteiger partial charge in [-0.25, -0.2) is 0 Å². The first-order valence-corrected chi connectivity index (χ1v) is 9.55. The van der Waals surface area contributed by atoms with Crippen LogP contribution in [0.2, 0.25) is 0 Å². The van der Waals surface area contributed by atoms with Crippen molar-refractivity contribution in [2.75, 3.05) is 0 Å². The molecule has 22 heavy (non-hydrogen) atoms. The molecule has 4 bridgehead atoms. The number of rotatable bonds is 2. The van der Waals surface area contributed by atoms with E-state index in [1.807, 2.05) is 0 Å². The average molecular weight is 303 g/mol. The van der Waals surface area contributed by atoms with E-state index in [9.17, 15) is 4.79 Å². The summed E-state index contributed by atoms with van der Waals surface area (Å²) in [5, 5.41) is 3.49. The van der Waals surface area contributed by atoms with Gasteiger partial charge in [-0.2, -0.15) is 0 Å². The number of nitrogens with one attached hydrogen (secondary N) is 1. The van der Waals surface area contributed by atoms with E-state index in [0.29, 0.717) is 28.2 Å². The molecule has 5 aliphatic rings. The molecule has 5 saturated carbocycles. The highest BCUT2D eigenvalue weighted by atomic mass is 16.2. The zero-order valence-electron chi connectivity index (χ0n) is 14.8. The Morgan fingerprint density at radius 3 is 1.68 bits per heavy atom. The molecule has 1 amide bonds. The van der Waals surface area contributed by atoms with E-state index in [1.54, 1.807) is 0 Å². The summed E-state index contributed by atoms with van der Waals surface area (Å²) in [5.74, 6) is 0.419. The molecule has 0 atom stereocenters. The number of hydrogen-bond donors (Lipinski definition) is 1. The van der Waals surface area contributed by atoms with Crippen molar-refractivity contribution in [1.29, 1.82) is 0 Å². The lowest BCUT2D eigenvalue weighted by molar-refractivity contribution is -0.192. The van der Waals surface area contributed by atoms with Gasteiger partial charge < -0.3 is 5.32 Å². The molecule has 0 aromatic rings. The summed E-state index contributed by atoms with van der Waals surface area (Å²) in [6.07, 6.45) is 13.8. The summed E-state index contributed by atoms with van der Waals surface area (Å²) >= 11 is 0. The Bertz CT molecular complexity index is 436. The van der Waals surface area contributed by atoms with Crippen molar-refractivity contribution in [3.63, 3.8) is 0 Å². The van der Waals surface area contributed by atoms with Crippen LogP contribution in [0.5, 0.6) is 0 Å². The minimum atomic E-state index is -0.0511. The molecule has 0 aromatic heterocycles. The van der Waals surface area contributed by atoms with Crippen LogP contribution < -0.4 is 5.32 Å². The summed E-state index contributed by atoms with van der Waals surface area (Å²) in [6.45, 7) is 7.39. The molecule has 0 aromatic carbocycles. The smallest absolute Gasteiger partial charge is 0.226 e. The highest BCUT2D eigenvalue weighted by Gasteiger charge is 2.66. The van der Waals surface area contributed by atoms with Crippen LogP contribution in [-0.4, -0.2) is 11.9 Å². The lowest BCUT2D eigenvalue weighted by Crippen LogP contribution is -2.63. The van der Waals surface area contributed by atoms with E-state index < -0.39 is 0 Å². The van der Waals surface area contributed by atoms with Crippen LogP contribution in [0.15, 0.2) is 0 Å². The van der Waals surface area contributed by atoms with Gasteiger partial charge in [0.25, 0.3) is 0 Å². The van der Waals surface area contributed by atoms with E-state index in [1.165, 1.54) is 51.4 Å². The van der Waals surface area contributed by atoms with Crippen molar-refractivity contribution >= 4 is 5.91 Å². The molecule has 5 aliphatic carbocycles. The molecule has 0 unspecified atom stereocenters. The molecular formula is C20H33NO. The van der Waals surface area contributed by atoms with Crippen molar-refractivity contribution in [2.45, 2.75) is 97.4 Å². The van der Waals surface area contributed by atoms with Crippen LogP contribution in [0.1, 0.15) is 91.4 Å². The van der Waals surface area contributed by atoms with Gasteiger partial charge in [-0.05, 0) is 67.6 Å². The van der Waals surface area contributed by atoms with Gasteiger partial charge in [0, 0.05) is 6.04 Å². The summed E-state index contributed by atoms with van der Waals surface area (Å²) in [6, 6.07) is 0.461. The molecule has 124 valence electrons. The van der Waals surface area contributed by atoms with Crippen molar-refractivity contribution in [2.24, 2.45) is 21.7 Å².